The Hall–Kier alpha value is -0.0900. The summed E-state index contributed by atoms with van der Waals surface area (Å²) in [5, 5.41) is 1.90. The second-order valence-electron chi connectivity index (χ2n) is 5.61. The molecule has 0 aliphatic rings. The summed E-state index contributed by atoms with van der Waals surface area (Å²) < 4.78 is 10.8. The molecule has 2 nitrogen and oxygen atoms in total. The fourth-order valence-corrected chi connectivity index (χ4v) is 2.99. The van der Waals surface area contributed by atoms with Gasteiger partial charge in [0.1, 0.15) is 6.79 Å². The summed E-state index contributed by atoms with van der Waals surface area (Å²) in [5.74, 6) is 0. The molecule has 1 unspecified atom stereocenters. The monoisotopic (exact) mass is 390 g/mol. The first-order chi connectivity index (χ1) is 10.8. The molecule has 0 saturated carbocycles. The van der Waals surface area contributed by atoms with Crippen molar-refractivity contribution < 1.29 is 9.47 Å². The number of hydrogen-bond acceptors (Lipinski definition) is 2. The summed E-state index contributed by atoms with van der Waals surface area (Å²) in [5.41, 5.74) is 1.36. The first kappa shape index (κ1) is 20.0. The molecule has 0 N–H and O–H groups in total. The number of hydrogen-bond donors (Lipinski definition) is 0. The molecule has 0 aliphatic heterocycles. The largest absolute Gasteiger partial charge is 0.359 e. The van der Waals surface area contributed by atoms with E-state index >= 15 is 0 Å². The topological polar surface area (TPSA) is 18.5 Å². The highest BCUT2D eigenvalue weighted by atomic mass is 79.9. The van der Waals surface area contributed by atoms with Crippen LogP contribution in [0.2, 0.25) is 5.02 Å². The van der Waals surface area contributed by atoms with Crippen molar-refractivity contribution in [2.75, 3.05) is 19.2 Å². The third-order valence-electron chi connectivity index (χ3n) is 3.74. The van der Waals surface area contributed by atoms with Gasteiger partial charge in [-0.15, -0.1) is 0 Å². The molecule has 1 rings (SSSR count). The number of ether oxygens (including phenoxy) is 2. The Morgan fingerprint density at radius 3 is 2.32 bits per heavy atom. The number of aryl methyl sites for hydroxylation is 1. The van der Waals surface area contributed by atoms with Crippen LogP contribution < -0.4 is 0 Å². The van der Waals surface area contributed by atoms with E-state index in [2.05, 4.69) is 28.1 Å². The lowest BCUT2D eigenvalue weighted by Gasteiger charge is -2.17. The third kappa shape index (κ3) is 9.83. The van der Waals surface area contributed by atoms with Crippen LogP contribution in [-0.4, -0.2) is 25.3 Å². The van der Waals surface area contributed by atoms with Gasteiger partial charge in [0, 0.05) is 17.5 Å². The minimum atomic E-state index is 0.334. The molecular formula is C18H28BrClO2. The lowest BCUT2D eigenvalue weighted by atomic mass is 10.0. The normalized spacial score (nSPS) is 12.5. The summed E-state index contributed by atoms with van der Waals surface area (Å²) in [7, 11) is 1.68. The van der Waals surface area contributed by atoms with Crippen LogP contribution in [0, 0.1) is 0 Å². The predicted octanol–water partition coefficient (Wildman–Crippen LogP) is 6.00. The quantitative estimate of drug-likeness (QED) is 0.233. The molecule has 4 heteroatoms. The fourth-order valence-electron chi connectivity index (χ4n) is 2.47. The maximum absolute atomic E-state index is 5.90. The van der Waals surface area contributed by atoms with Crippen LogP contribution in [0.1, 0.15) is 50.5 Å². The highest BCUT2D eigenvalue weighted by molar-refractivity contribution is 9.09. The van der Waals surface area contributed by atoms with Gasteiger partial charge in [0.2, 0.25) is 0 Å². The fraction of sp³-hybridized carbons (Fsp3) is 0.667. The van der Waals surface area contributed by atoms with Crippen LogP contribution >= 0.6 is 27.5 Å². The van der Waals surface area contributed by atoms with Gasteiger partial charge < -0.3 is 9.47 Å². The minimum Gasteiger partial charge on any atom is -0.359 e. The highest BCUT2D eigenvalue weighted by Gasteiger charge is 2.09. The lowest BCUT2D eigenvalue weighted by molar-refractivity contribution is -0.0775. The highest BCUT2D eigenvalue weighted by Crippen LogP contribution is 2.16. The van der Waals surface area contributed by atoms with Crippen molar-refractivity contribution in [3.05, 3.63) is 34.9 Å². The summed E-state index contributed by atoms with van der Waals surface area (Å²) >= 11 is 9.38. The standard InChI is InChI=1S/C18H28BrClO2/c1-21-15-22-18(8-3-2-6-14-19)9-5-4-7-16-10-12-17(20)13-11-16/h10-13,18H,2-9,14-15H2,1H3. The maximum Gasteiger partial charge on any atom is 0.146 e. The Morgan fingerprint density at radius 2 is 1.68 bits per heavy atom. The Labute approximate surface area is 148 Å². The van der Waals surface area contributed by atoms with Crippen molar-refractivity contribution in [2.45, 2.75) is 57.5 Å². The number of methoxy groups -OCH3 is 1. The van der Waals surface area contributed by atoms with Crippen LogP contribution in [0.4, 0.5) is 0 Å². The molecule has 1 aromatic carbocycles. The Kier molecular flexibility index (Phi) is 12.1. The molecule has 1 aromatic rings. The van der Waals surface area contributed by atoms with Crippen LogP contribution in [0.3, 0.4) is 0 Å². The van der Waals surface area contributed by atoms with Crippen LogP contribution in [0.25, 0.3) is 0 Å². The summed E-state index contributed by atoms with van der Waals surface area (Å²) in [6, 6.07) is 8.15. The molecule has 0 aliphatic carbocycles. The molecule has 0 heterocycles. The van der Waals surface area contributed by atoms with Crippen molar-refractivity contribution in [2.24, 2.45) is 0 Å². The molecule has 0 spiro atoms. The van der Waals surface area contributed by atoms with E-state index in [1.807, 2.05) is 12.1 Å². The van der Waals surface area contributed by atoms with Gasteiger partial charge in [-0.05, 0) is 49.8 Å². The molecule has 0 aromatic heterocycles. The third-order valence-corrected chi connectivity index (χ3v) is 4.55. The number of rotatable bonds is 13. The molecule has 126 valence electrons. The Balaban J connectivity index is 2.19. The van der Waals surface area contributed by atoms with Gasteiger partial charge in [0.25, 0.3) is 0 Å². The predicted molar refractivity (Wildman–Crippen MR) is 98.0 cm³/mol. The number of halogens is 2. The van der Waals surface area contributed by atoms with Crippen LogP contribution in [0.15, 0.2) is 24.3 Å². The van der Waals surface area contributed by atoms with E-state index in [0.29, 0.717) is 12.9 Å². The van der Waals surface area contributed by atoms with E-state index in [1.54, 1.807) is 7.11 Å². The molecule has 1 atom stereocenters. The number of alkyl halides is 1. The van der Waals surface area contributed by atoms with Gasteiger partial charge >= 0.3 is 0 Å². The zero-order valence-corrected chi connectivity index (χ0v) is 15.9. The average molecular weight is 392 g/mol. The van der Waals surface area contributed by atoms with Crippen molar-refractivity contribution in [1.29, 1.82) is 0 Å². The second kappa shape index (κ2) is 13.4. The first-order valence-electron chi connectivity index (χ1n) is 8.17. The van der Waals surface area contributed by atoms with Gasteiger partial charge in [-0.3, -0.25) is 0 Å². The van der Waals surface area contributed by atoms with E-state index in [0.717, 1.165) is 29.6 Å². The van der Waals surface area contributed by atoms with E-state index in [-0.39, 0.29) is 0 Å². The zero-order valence-electron chi connectivity index (χ0n) is 13.5. The van der Waals surface area contributed by atoms with E-state index < -0.39 is 0 Å². The van der Waals surface area contributed by atoms with Crippen molar-refractivity contribution in [3.63, 3.8) is 0 Å². The molecular weight excluding hydrogens is 364 g/mol. The lowest BCUT2D eigenvalue weighted by Crippen LogP contribution is -2.15. The minimum absolute atomic E-state index is 0.334. The summed E-state index contributed by atoms with van der Waals surface area (Å²) in [6.07, 6.45) is 9.82. The van der Waals surface area contributed by atoms with Gasteiger partial charge in [0.05, 0.1) is 6.10 Å². The zero-order chi connectivity index (χ0) is 16.0. The number of unbranched alkanes of at least 4 members (excludes halogenated alkanes) is 3. The Morgan fingerprint density at radius 1 is 1.00 bits per heavy atom. The average Bonchev–Trinajstić information content (AvgIpc) is 2.54. The molecule has 0 fully saturated rings. The molecule has 0 bridgehead atoms. The van der Waals surface area contributed by atoms with Gasteiger partial charge in [-0.2, -0.15) is 0 Å². The van der Waals surface area contributed by atoms with Crippen LogP contribution in [-0.2, 0) is 15.9 Å². The Bertz CT molecular complexity index is 370. The molecule has 0 amide bonds. The smallest absolute Gasteiger partial charge is 0.146 e. The SMILES string of the molecule is COCOC(CCCCCBr)CCCCc1ccc(Cl)cc1. The van der Waals surface area contributed by atoms with Crippen molar-refractivity contribution in [1.82, 2.24) is 0 Å². The molecule has 0 radical (unpaired) electrons. The summed E-state index contributed by atoms with van der Waals surface area (Å²) in [4.78, 5) is 0. The van der Waals surface area contributed by atoms with Gasteiger partial charge in [-0.1, -0.05) is 58.9 Å². The second-order valence-corrected chi connectivity index (χ2v) is 6.84. The van der Waals surface area contributed by atoms with Crippen molar-refractivity contribution in [3.8, 4) is 0 Å². The molecule has 0 saturated heterocycles. The maximum atomic E-state index is 5.90. The summed E-state index contributed by atoms with van der Waals surface area (Å²) in [6.45, 7) is 0.403. The van der Waals surface area contributed by atoms with Crippen molar-refractivity contribution >= 4 is 27.5 Å². The van der Waals surface area contributed by atoms with E-state index in [4.69, 9.17) is 21.1 Å². The van der Waals surface area contributed by atoms with E-state index in [9.17, 15) is 0 Å². The number of benzene rings is 1. The van der Waals surface area contributed by atoms with Crippen LogP contribution in [0.5, 0.6) is 0 Å². The van der Waals surface area contributed by atoms with E-state index in [1.165, 1.54) is 37.7 Å². The van der Waals surface area contributed by atoms with Gasteiger partial charge in [0.15, 0.2) is 0 Å². The first-order valence-corrected chi connectivity index (χ1v) is 9.67. The van der Waals surface area contributed by atoms with Gasteiger partial charge in [-0.25, -0.2) is 0 Å². The molecule has 22 heavy (non-hydrogen) atoms.